The molecular formula is C22H20F2O. The Balaban J connectivity index is 1.93. The summed E-state index contributed by atoms with van der Waals surface area (Å²) in [5.41, 5.74) is 2.87. The molecule has 0 aromatic heterocycles. The third kappa shape index (κ3) is 3.71. The van der Waals surface area contributed by atoms with Crippen LogP contribution >= 0.6 is 0 Å². The standard InChI is InChI=1S/C22H20F2O/c1-3-14-25-18-10-8-17(9-11-18)20-13-12-19(21(23)22(20)24)16-6-4-15(2)5-7-16/h4-13H,3,14H2,1-2H3. The second-order valence-electron chi connectivity index (χ2n) is 6.03. The van der Waals surface area contributed by atoms with Crippen LogP contribution in [0, 0.1) is 18.6 Å². The second-order valence-corrected chi connectivity index (χ2v) is 6.03. The lowest BCUT2D eigenvalue weighted by Crippen LogP contribution is -1.96. The van der Waals surface area contributed by atoms with E-state index >= 15 is 0 Å². The molecule has 0 bridgehead atoms. The SMILES string of the molecule is CCCOc1ccc(-c2ccc(-c3ccc(C)cc3)c(F)c2F)cc1. The van der Waals surface area contributed by atoms with Crippen LogP contribution in [-0.2, 0) is 0 Å². The average Bonchev–Trinajstić information content (AvgIpc) is 2.64. The zero-order valence-electron chi connectivity index (χ0n) is 14.4. The van der Waals surface area contributed by atoms with E-state index in [9.17, 15) is 8.78 Å². The van der Waals surface area contributed by atoms with Crippen molar-refractivity contribution >= 4 is 0 Å². The first-order valence-electron chi connectivity index (χ1n) is 8.38. The van der Waals surface area contributed by atoms with Gasteiger partial charge in [-0.1, -0.05) is 61.0 Å². The molecule has 0 unspecified atom stereocenters. The topological polar surface area (TPSA) is 9.23 Å². The number of rotatable bonds is 5. The molecule has 0 N–H and O–H groups in total. The van der Waals surface area contributed by atoms with Gasteiger partial charge in [0.05, 0.1) is 6.61 Å². The highest BCUT2D eigenvalue weighted by molar-refractivity contribution is 5.72. The third-order valence-electron chi connectivity index (χ3n) is 4.08. The Bertz CT molecular complexity index is 852. The van der Waals surface area contributed by atoms with Crippen molar-refractivity contribution in [1.29, 1.82) is 0 Å². The summed E-state index contributed by atoms with van der Waals surface area (Å²) in [7, 11) is 0. The van der Waals surface area contributed by atoms with Crippen LogP contribution in [0.15, 0.2) is 60.7 Å². The third-order valence-corrected chi connectivity index (χ3v) is 4.08. The summed E-state index contributed by atoms with van der Waals surface area (Å²) < 4.78 is 34.7. The fraction of sp³-hybridized carbons (Fsp3) is 0.182. The summed E-state index contributed by atoms with van der Waals surface area (Å²) in [6.07, 6.45) is 0.919. The summed E-state index contributed by atoms with van der Waals surface area (Å²) in [6, 6.07) is 17.6. The number of halogens is 2. The Hall–Kier alpha value is -2.68. The van der Waals surface area contributed by atoms with Gasteiger partial charge < -0.3 is 4.74 Å². The van der Waals surface area contributed by atoms with Gasteiger partial charge in [-0.2, -0.15) is 0 Å². The van der Waals surface area contributed by atoms with Gasteiger partial charge in [0.25, 0.3) is 0 Å². The number of benzene rings is 3. The first kappa shape index (κ1) is 17.2. The monoisotopic (exact) mass is 338 g/mol. The molecule has 0 atom stereocenters. The van der Waals surface area contributed by atoms with Crippen LogP contribution in [0.2, 0.25) is 0 Å². The van der Waals surface area contributed by atoms with Gasteiger partial charge in [-0.05, 0) is 36.6 Å². The van der Waals surface area contributed by atoms with Crippen LogP contribution in [0.3, 0.4) is 0 Å². The van der Waals surface area contributed by atoms with E-state index in [2.05, 4.69) is 0 Å². The van der Waals surface area contributed by atoms with Gasteiger partial charge in [0.1, 0.15) is 5.75 Å². The van der Waals surface area contributed by atoms with Gasteiger partial charge in [-0.15, -0.1) is 0 Å². The number of ether oxygens (including phenoxy) is 1. The molecule has 0 amide bonds. The summed E-state index contributed by atoms with van der Waals surface area (Å²) in [4.78, 5) is 0. The Kier molecular flexibility index (Phi) is 5.13. The Morgan fingerprint density at radius 2 is 1.20 bits per heavy atom. The van der Waals surface area contributed by atoms with Gasteiger partial charge in [0, 0.05) is 11.1 Å². The van der Waals surface area contributed by atoms with Gasteiger partial charge >= 0.3 is 0 Å². The van der Waals surface area contributed by atoms with Gasteiger partial charge in [0.2, 0.25) is 0 Å². The smallest absolute Gasteiger partial charge is 0.167 e. The van der Waals surface area contributed by atoms with Crippen LogP contribution in [0.1, 0.15) is 18.9 Å². The van der Waals surface area contributed by atoms with Crippen molar-refractivity contribution < 1.29 is 13.5 Å². The van der Waals surface area contributed by atoms with E-state index in [-0.39, 0.29) is 11.1 Å². The van der Waals surface area contributed by atoms with E-state index in [0.29, 0.717) is 17.7 Å². The summed E-state index contributed by atoms with van der Waals surface area (Å²) in [5.74, 6) is -0.935. The highest BCUT2D eigenvalue weighted by Gasteiger charge is 2.16. The Morgan fingerprint density at radius 1 is 0.720 bits per heavy atom. The predicted octanol–water partition coefficient (Wildman–Crippen LogP) is 6.40. The van der Waals surface area contributed by atoms with E-state index in [0.717, 1.165) is 17.7 Å². The van der Waals surface area contributed by atoms with Gasteiger partial charge in [-0.25, -0.2) is 8.78 Å². The maximum absolute atomic E-state index is 14.6. The number of hydrogen-bond donors (Lipinski definition) is 0. The predicted molar refractivity (Wildman–Crippen MR) is 97.8 cm³/mol. The lowest BCUT2D eigenvalue weighted by atomic mass is 9.98. The van der Waals surface area contributed by atoms with Gasteiger partial charge in [-0.3, -0.25) is 0 Å². The maximum atomic E-state index is 14.6. The molecule has 0 heterocycles. The number of aryl methyl sites for hydroxylation is 1. The van der Waals surface area contributed by atoms with Crippen LogP contribution in [0.25, 0.3) is 22.3 Å². The normalized spacial score (nSPS) is 10.7. The van der Waals surface area contributed by atoms with E-state index in [4.69, 9.17) is 4.74 Å². The molecule has 3 rings (SSSR count). The minimum absolute atomic E-state index is 0.246. The summed E-state index contributed by atoms with van der Waals surface area (Å²) in [6.45, 7) is 4.62. The van der Waals surface area contributed by atoms with Crippen molar-refractivity contribution in [2.24, 2.45) is 0 Å². The van der Waals surface area contributed by atoms with Crippen molar-refractivity contribution in [3.63, 3.8) is 0 Å². The van der Waals surface area contributed by atoms with Crippen LogP contribution in [-0.4, -0.2) is 6.61 Å². The molecule has 0 saturated carbocycles. The quantitative estimate of drug-likeness (QED) is 0.523. The Morgan fingerprint density at radius 3 is 1.68 bits per heavy atom. The lowest BCUT2D eigenvalue weighted by molar-refractivity contribution is 0.317. The van der Waals surface area contributed by atoms with Crippen LogP contribution in [0.5, 0.6) is 5.75 Å². The highest BCUT2D eigenvalue weighted by atomic mass is 19.2. The molecule has 25 heavy (non-hydrogen) atoms. The maximum Gasteiger partial charge on any atom is 0.167 e. The average molecular weight is 338 g/mol. The van der Waals surface area contributed by atoms with E-state index in [1.54, 1.807) is 48.5 Å². The van der Waals surface area contributed by atoms with Gasteiger partial charge in [0.15, 0.2) is 11.6 Å². The zero-order valence-corrected chi connectivity index (χ0v) is 14.4. The Labute approximate surface area is 146 Å². The molecule has 0 spiro atoms. The van der Waals surface area contributed by atoms with Crippen molar-refractivity contribution in [3.05, 3.63) is 77.9 Å². The summed E-state index contributed by atoms with van der Waals surface area (Å²) in [5, 5.41) is 0. The molecule has 0 aliphatic carbocycles. The minimum Gasteiger partial charge on any atom is -0.494 e. The molecule has 3 heteroatoms. The summed E-state index contributed by atoms with van der Waals surface area (Å²) >= 11 is 0. The molecule has 3 aromatic carbocycles. The van der Waals surface area contributed by atoms with E-state index in [1.165, 1.54) is 0 Å². The van der Waals surface area contributed by atoms with Crippen LogP contribution in [0.4, 0.5) is 8.78 Å². The zero-order chi connectivity index (χ0) is 17.8. The molecule has 3 aromatic rings. The van der Waals surface area contributed by atoms with Crippen molar-refractivity contribution in [2.75, 3.05) is 6.61 Å². The molecular weight excluding hydrogens is 318 g/mol. The van der Waals surface area contributed by atoms with E-state index in [1.807, 2.05) is 26.0 Å². The first-order chi connectivity index (χ1) is 12.1. The lowest BCUT2D eigenvalue weighted by Gasteiger charge is -2.10. The van der Waals surface area contributed by atoms with E-state index < -0.39 is 11.6 Å². The molecule has 128 valence electrons. The molecule has 0 aliphatic heterocycles. The first-order valence-corrected chi connectivity index (χ1v) is 8.38. The fourth-order valence-corrected chi connectivity index (χ4v) is 2.68. The molecule has 1 nitrogen and oxygen atoms in total. The van der Waals surface area contributed by atoms with Crippen molar-refractivity contribution in [3.8, 4) is 28.0 Å². The molecule has 0 aliphatic rings. The minimum atomic E-state index is -0.833. The fourth-order valence-electron chi connectivity index (χ4n) is 2.68. The second kappa shape index (κ2) is 7.47. The molecule has 0 fully saturated rings. The highest BCUT2D eigenvalue weighted by Crippen LogP contribution is 2.32. The largest absolute Gasteiger partial charge is 0.494 e. The molecule has 0 radical (unpaired) electrons. The number of hydrogen-bond acceptors (Lipinski definition) is 1. The van der Waals surface area contributed by atoms with Crippen LogP contribution < -0.4 is 4.74 Å². The van der Waals surface area contributed by atoms with Crippen molar-refractivity contribution in [1.82, 2.24) is 0 Å². The molecule has 0 saturated heterocycles. The van der Waals surface area contributed by atoms with Crippen molar-refractivity contribution in [2.45, 2.75) is 20.3 Å².